The van der Waals surface area contributed by atoms with E-state index in [9.17, 15) is 14.9 Å². The number of hydrogen-bond acceptors (Lipinski definition) is 5. The molecule has 7 heteroatoms. The number of amides is 1. The fourth-order valence-electron chi connectivity index (χ4n) is 2.13. The van der Waals surface area contributed by atoms with Crippen LogP contribution in [-0.2, 0) is 0 Å². The predicted octanol–water partition coefficient (Wildman–Crippen LogP) is 1.49. The summed E-state index contributed by atoms with van der Waals surface area (Å²) in [7, 11) is 0. The van der Waals surface area contributed by atoms with Crippen LogP contribution in [0.4, 0.5) is 11.5 Å². The van der Waals surface area contributed by atoms with Crippen LogP contribution < -0.4 is 11.1 Å². The quantitative estimate of drug-likeness (QED) is 0.632. The Bertz CT molecular complexity index is 514. The van der Waals surface area contributed by atoms with Crippen molar-refractivity contribution in [3.63, 3.8) is 0 Å². The number of nitrogens with two attached hydrogens (primary N) is 1. The first-order valence-electron chi connectivity index (χ1n) is 6.20. The zero-order chi connectivity index (χ0) is 14.0. The Morgan fingerprint density at radius 1 is 1.63 bits per heavy atom. The van der Waals surface area contributed by atoms with Crippen LogP contribution in [0.5, 0.6) is 0 Å². The third-order valence-corrected chi connectivity index (χ3v) is 3.56. The third kappa shape index (κ3) is 2.81. The Labute approximate surface area is 110 Å². The summed E-state index contributed by atoms with van der Waals surface area (Å²) in [6, 6.07) is 1.25. The fourth-order valence-corrected chi connectivity index (χ4v) is 2.13. The average molecular weight is 264 g/mol. The highest BCUT2D eigenvalue weighted by Crippen LogP contribution is 2.29. The molecule has 1 saturated carbocycles. The zero-order valence-corrected chi connectivity index (χ0v) is 10.6. The molecule has 0 aliphatic heterocycles. The summed E-state index contributed by atoms with van der Waals surface area (Å²) in [5, 5.41) is 13.7. The largest absolute Gasteiger partial charge is 0.384 e. The molecular weight excluding hydrogens is 248 g/mol. The second kappa shape index (κ2) is 5.21. The van der Waals surface area contributed by atoms with E-state index < -0.39 is 10.8 Å². The lowest BCUT2D eigenvalue weighted by atomic mass is 9.80. The maximum absolute atomic E-state index is 12.1. The smallest absolute Gasteiger partial charge is 0.300 e. The SMILES string of the molecule is CC(NC(=O)c1cc(N)ncc1[N+](=O)[O-])C1CCC1. The maximum Gasteiger partial charge on any atom is 0.300 e. The van der Waals surface area contributed by atoms with Crippen molar-refractivity contribution in [3.05, 3.63) is 27.9 Å². The molecule has 0 saturated heterocycles. The van der Waals surface area contributed by atoms with Crippen LogP contribution in [0.2, 0.25) is 0 Å². The standard InChI is InChI=1S/C12H16N4O3/c1-7(8-3-2-4-8)15-12(17)9-5-11(13)14-6-10(9)16(18)19/h5-8H,2-4H2,1H3,(H2,13,14)(H,15,17). The number of carbonyl (C=O) groups excluding carboxylic acids is 1. The highest BCUT2D eigenvalue weighted by molar-refractivity contribution is 5.98. The number of nitrogens with one attached hydrogen (secondary N) is 1. The molecule has 1 aliphatic carbocycles. The molecule has 0 spiro atoms. The lowest BCUT2D eigenvalue weighted by molar-refractivity contribution is -0.385. The van der Waals surface area contributed by atoms with Gasteiger partial charge in [0.1, 0.15) is 17.6 Å². The van der Waals surface area contributed by atoms with E-state index in [2.05, 4.69) is 10.3 Å². The molecule has 7 nitrogen and oxygen atoms in total. The first kappa shape index (κ1) is 13.3. The van der Waals surface area contributed by atoms with Crippen LogP contribution in [0.25, 0.3) is 0 Å². The molecule has 0 bridgehead atoms. The van der Waals surface area contributed by atoms with Crippen molar-refractivity contribution in [1.82, 2.24) is 10.3 Å². The van der Waals surface area contributed by atoms with Crippen molar-refractivity contribution < 1.29 is 9.72 Å². The van der Waals surface area contributed by atoms with E-state index in [1.807, 2.05) is 6.92 Å². The lowest BCUT2D eigenvalue weighted by Crippen LogP contribution is -2.40. The molecule has 1 aromatic rings. The van der Waals surface area contributed by atoms with Crippen molar-refractivity contribution in [1.29, 1.82) is 0 Å². The average Bonchev–Trinajstić information content (AvgIpc) is 2.25. The van der Waals surface area contributed by atoms with Crippen molar-refractivity contribution in [3.8, 4) is 0 Å². The van der Waals surface area contributed by atoms with E-state index in [0.29, 0.717) is 5.92 Å². The number of aromatic nitrogens is 1. The van der Waals surface area contributed by atoms with Gasteiger partial charge in [0.15, 0.2) is 0 Å². The molecule has 1 amide bonds. The molecule has 2 rings (SSSR count). The Kier molecular flexibility index (Phi) is 3.64. The van der Waals surface area contributed by atoms with E-state index in [-0.39, 0.29) is 23.1 Å². The normalized spacial score (nSPS) is 16.5. The van der Waals surface area contributed by atoms with E-state index in [0.717, 1.165) is 19.0 Å². The molecule has 3 N–H and O–H groups in total. The molecule has 1 aliphatic rings. The molecule has 1 atom stereocenters. The van der Waals surface area contributed by atoms with Gasteiger partial charge in [-0.25, -0.2) is 4.98 Å². The number of pyridine rings is 1. The Balaban J connectivity index is 2.17. The van der Waals surface area contributed by atoms with Crippen LogP contribution in [0.1, 0.15) is 36.5 Å². The highest BCUT2D eigenvalue weighted by atomic mass is 16.6. The first-order chi connectivity index (χ1) is 8.99. The molecule has 1 heterocycles. The second-order valence-corrected chi connectivity index (χ2v) is 4.84. The third-order valence-electron chi connectivity index (χ3n) is 3.56. The second-order valence-electron chi connectivity index (χ2n) is 4.84. The van der Waals surface area contributed by atoms with Crippen LogP contribution >= 0.6 is 0 Å². The zero-order valence-electron chi connectivity index (χ0n) is 10.6. The van der Waals surface area contributed by atoms with Gasteiger partial charge in [-0.1, -0.05) is 6.42 Å². The van der Waals surface area contributed by atoms with Crippen LogP contribution in [0.15, 0.2) is 12.3 Å². The van der Waals surface area contributed by atoms with Gasteiger partial charge in [-0.05, 0) is 31.7 Å². The molecule has 1 unspecified atom stereocenters. The lowest BCUT2D eigenvalue weighted by Gasteiger charge is -2.31. The van der Waals surface area contributed by atoms with Gasteiger partial charge in [0.2, 0.25) is 0 Å². The van der Waals surface area contributed by atoms with Gasteiger partial charge in [-0.15, -0.1) is 0 Å². The minimum Gasteiger partial charge on any atom is -0.384 e. The number of nitrogens with zero attached hydrogens (tertiary/aromatic N) is 2. The Hall–Kier alpha value is -2.18. The maximum atomic E-state index is 12.1. The van der Waals surface area contributed by atoms with Crippen molar-refractivity contribution in [2.75, 3.05) is 5.73 Å². The molecule has 0 radical (unpaired) electrons. The monoisotopic (exact) mass is 264 g/mol. The summed E-state index contributed by atoms with van der Waals surface area (Å²) in [5.41, 5.74) is 5.12. The van der Waals surface area contributed by atoms with Crippen LogP contribution in [0.3, 0.4) is 0 Å². The summed E-state index contributed by atoms with van der Waals surface area (Å²) in [6.45, 7) is 1.91. The number of hydrogen-bond donors (Lipinski definition) is 2. The van der Waals surface area contributed by atoms with E-state index in [4.69, 9.17) is 5.73 Å². The van der Waals surface area contributed by atoms with Gasteiger partial charge in [-0.3, -0.25) is 14.9 Å². The predicted molar refractivity (Wildman–Crippen MR) is 69.6 cm³/mol. The first-order valence-corrected chi connectivity index (χ1v) is 6.20. The Morgan fingerprint density at radius 3 is 2.84 bits per heavy atom. The van der Waals surface area contributed by atoms with Crippen molar-refractivity contribution in [2.45, 2.75) is 32.2 Å². The summed E-state index contributed by atoms with van der Waals surface area (Å²) < 4.78 is 0. The number of anilines is 1. The summed E-state index contributed by atoms with van der Waals surface area (Å²) >= 11 is 0. The number of rotatable bonds is 4. The molecule has 0 aromatic carbocycles. The van der Waals surface area contributed by atoms with Crippen LogP contribution in [-0.4, -0.2) is 21.9 Å². The van der Waals surface area contributed by atoms with E-state index in [1.165, 1.54) is 12.5 Å². The molecular formula is C12H16N4O3. The van der Waals surface area contributed by atoms with Gasteiger partial charge in [-0.2, -0.15) is 0 Å². The molecule has 19 heavy (non-hydrogen) atoms. The minimum absolute atomic E-state index is 0.00949. The highest BCUT2D eigenvalue weighted by Gasteiger charge is 2.28. The molecule has 102 valence electrons. The number of nitro groups is 1. The fraction of sp³-hybridized carbons (Fsp3) is 0.500. The van der Waals surface area contributed by atoms with E-state index >= 15 is 0 Å². The minimum atomic E-state index is -0.630. The number of nitrogen functional groups attached to an aromatic ring is 1. The van der Waals surface area contributed by atoms with Gasteiger partial charge in [0, 0.05) is 6.04 Å². The summed E-state index contributed by atoms with van der Waals surface area (Å²) in [6.07, 6.45) is 4.36. The van der Waals surface area contributed by atoms with Crippen LogP contribution in [0, 0.1) is 16.0 Å². The van der Waals surface area contributed by atoms with E-state index in [1.54, 1.807) is 0 Å². The van der Waals surface area contributed by atoms with Gasteiger partial charge in [0.05, 0.1) is 4.92 Å². The summed E-state index contributed by atoms with van der Waals surface area (Å²) in [4.78, 5) is 26.0. The number of carbonyl (C=O) groups is 1. The van der Waals surface area contributed by atoms with Gasteiger partial charge < -0.3 is 11.1 Å². The van der Waals surface area contributed by atoms with Gasteiger partial charge >= 0.3 is 0 Å². The van der Waals surface area contributed by atoms with Crippen molar-refractivity contribution in [2.24, 2.45) is 5.92 Å². The summed E-state index contributed by atoms with van der Waals surface area (Å²) in [5.74, 6) is 0.0782. The topological polar surface area (TPSA) is 111 Å². The van der Waals surface area contributed by atoms with Gasteiger partial charge in [0.25, 0.3) is 11.6 Å². The van der Waals surface area contributed by atoms with Crippen molar-refractivity contribution >= 4 is 17.4 Å². The molecule has 1 aromatic heterocycles. The molecule has 1 fully saturated rings. The Morgan fingerprint density at radius 2 is 2.32 bits per heavy atom.